The number of carbonyl (C=O) groups is 3. The molecule has 1 saturated heterocycles. The van der Waals surface area contributed by atoms with Crippen molar-refractivity contribution in [1.29, 1.82) is 0 Å². The Morgan fingerprint density at radius 2 is 1.71 bits per heavy atom. The van der Waals surface area contributed by atoms with Gasteiger partial charge in [-0.15, -0.1) is 0 Å². The minimum atomic E-state index is -0.241. The third-order valence-electron chi connectivity index (χ3n) is 4.56. The predicted octanol–water partition coefficient (Wildman–Crippen LogP) is 0.0538. The van der Waals surface area contributed by atoms with Gasteiger partial charge in [-0.3, -0.25) is 14.4 Å². The van der Waals surface area contributed by atoms with E-state index in [9.17, 15) is 14.4 Å². The topological polar surface area (TPSA) is 74.2 Å². The summed E-state index contributed by atoms with van der Waals surface area (Å²) in [6, 6.07) is 6.61. The second-order valence-electron chi connectivity index (χ2n) is 8.27. The highest BCUT2D eigenvalue weighted by Gasteiger charge is 2.27. The Morgan fingerprint density at radius 1 is 1.14 bits per heavy atom. The molecule has 2 rings (SSSR count). The maximum Gasteiger partial charge on any atom is 0.275 e. The summed E-state index contributed by atoms with van der Waals surface area (Å²) in [5.41, 5.74) is 0.258. The van der Waals surface area contributed by atoms with Gasteiger partial charge in [0.25, 0.3) is 11.8 Å². The monoisotopic (exact) mass is 409 g/mol. The molecule has 8 heteroatoms. The lowest BCUT2D eigenvalue weighted by molar-refractivity contribution is -0.896. The molecule has 0 radical (unpaired) electrons. The molecule has 3 amide bonds. The van der Waals surface area contributed by atoms with Crippen molar-refractivity contribution in [1.82, 2.24) is 15.1 Å². The fourth-order valence-corrected chi connectivity index (χ4v) is 3.25. The molecule has 1 aliphatic rings. The van der Waals surface area contributed by atoms with Crippen molar-refractivity contribution >= 4 is 29.3 Å². The number of hydrogen-bond acceptors (Lipinski definition) is 3. The number of carbonyl (C=O) groups excluding carboxylic acids is 3. The fraction of sp³-hybridized carbons (Fsp3) is 0.550. The highest BCUT2D eigenvalue weighted by Crippen LogP contribution is 2.11. The van der Waals surface area contributed by atoms with Crippen LogP contribution in [0.1, 0.15) is 31.1 Å². The van der Waals surface area contributed by atoms with E-state index in [1.165, 1.54) is 4.90 Å². The molecule has 0 bridgehead atoms. The van der Waals surface area contributed by atoms with Gasteiger partial charge in [-0.1, -0.05) is 11.6 Å². The van der Waals surface area contributed by atoms with Crippen LogP contribution in [-0.2, 0) is 9.59 Å². The normalized spacial score (nSPS) is 15.2. The second-order valence-corrected chi connectivity index (χ2v) is 8.71. The molecule has 1 heterocycles. The van der Waals surface area contributed by atoms with E-state index in [-0.39, 0.29) is 29.8 Å². The van der Waals surface area contributed by atoms with E-state index in [4.69, 9.17) is 11.6 Å². The van der Waals surface area contributed by atoms with Crippen LogP contribution in [0.25, 0.3) is 0 Å². The Hall–Kier alpha value is -2.12. The zero-order valence-electron chi connectivity index (χ0n) is 17.0. The number of nitrogens with one attached hydrogen (secondary N) is 2. The summed E-state index contributed by atoms with van der Waals surface area (Å²) in [4.78, 5) is 41.4. The molecule has 0 unspecified atom stereocenters. The predicted molar refractivity (Wildman–Crippen MR) is 108 cm³/mol. The van der Waals surface area contributed by atoms with E-state index in [1.807, 2.05) is 20.8 Å². The molecular weight excluding hydrogens is 380 g/mol. The molecule has 2 N–H and O–H groups in total. The average molecular weight is 410 g/mol. The number of hydrogen-bond donors (Lipinski definition) is 2. The van der Waals surface area contributed by atoms with Crippen LogP contribution < -0.4 is 10.2 Å². The number of amides is 3. The molecule has 1 aromatic carbocycles. The number of nitrogens with zero attached hydrogens (tertiary/aromatic N) is 2. The first-order chi connectivity index (χ1) is 13.0. The van der Waals surface area contributed by atoms with Crippen molar-refractivity contribution in [2.24, 2.45) is 0 Å². The van der Waals surface area contributed by atoms with Crippen molar-refractivity contribution in [3.05, 3.63) is 34.9 Å². The van der Waals surface area contributed by atoms with Gasteiger partial charge in [0.2, 0.25) is 5.91 Å². The number of benzene rings is 1. The smallest absolute Gasteiger partial charge is 0.275 e. The lowest BCUT2D eigenvalue weighted by atomic mass is 10.1. The Kier molecular flexibility index (Phi) is 7.43. The lowest BCUT2D eigenvalue weighted by Gasteiger charge is -2.33. The molecule has 0 aromatic heterocycles. The zero-order valence-corrected chi connectivity index (χ0v) is 17.8. The summed E-state index contributed by atoms with van der Waals surface area (Å²) in [7, 11) is 1.62. The first kappa shape index (κ1) is 22.2. The molecule has 1 fully saturated rings. The van der Waals surface area contributed by atoms with Crippen molar-refractivity contribution in [2.75, 3.05) is 46.3 Å². The largest absolute Gasteiger partial charge is 0.347 e. The zero-order chi connectivity index (χ0) is 20.9. The van der Waals surface area contributed by atoms with Crippen molar-refractivity contribution in [3.63, 3.8) is 0 Å². The van der Waals surface area contributed by atoms with Crippen LogP contribution in [0.2, 0.25) is 5.02 Å². The molecule has 28 heavy (non-hydrogen) atoms. The summed E-state index contributed by atoms with van der Waals surface area (Å²) >= 11 is 5.84. The van der Waals surface area contributed by atoms with Gasteiger partial charge in [0.1, 0.15) is 0 Å². The summed E-state index contributed by atoms with van der Waals surface area (Å²) in [5, 5.41) is 3.53. The maximum absolute atomic E-state index is 12.5. The van der Waals surface area contributed by atoms with E-state index >= 15 is 0 Å². The van der Waals surface area contributed by atoms with Crippen LogP contribution in [0.3, 0.4) is 0 Å². The number of quaternary nitrogens is 1. The Morgan fingerprint density at radius 3 is 2.25 bits per heavy atom. The van der Waals surface area contributed by atoms with Crippen LogP contribution in [0.5, 0.6) is 0 Å². The SMILES string of the molecule is CN(CC(=O)N1CC[NH+](CC(=O)NC(C)(C)C)CC1)C(=O)c1ccc(Cl)cc1. The molecule has 154 valence electrons. The van der Waals surface area contributed by atoms with E-state index in [1.54, 1.807) is 36.2 Å². The molecule has 0 spiro atoms. The van der Waals surface area contributed by atoms with Gasteiger partial charge in [0.15, 0.2) is 6.54 Å². The molecule has 1 aromatic rings. The van der Waals surface area contributed by atoms with Crippen LogP contribution in [0.15, 0.2) is 24.3 Å². The highest BCUT2D eigenvalue weighted by atomic mass is 35.5. The van der Waals surface area contributed by atoms with Crippen molar-refractivity contribution in [2.45, 2.75) is 26.3 Å². The summed E-state index contributed by atoms with van der Waals surface area (Å²) < 4.78 is 0. The molecular formula is C20H30ClN4O3+. The van der Waals surface area contributed by atoms with Crippen molar-refractivity contribution in [3.8, 4) is 0 Å². The fourth-order valence-electron chi connectivity index (χ4n) is 3.13. The Balaban J connectivity index is 1.79. The number of piperazine rings is 1. The summed E-state index contributed by atoms with van der Waals surface area (Å²) in [6.07, 6.45) is 0. The van der Waals surface area contributed by atoms with E-state index < -0.39 is 0 Å². The highest BCUT2D eigenvalue weighted by molar-refractivity contribution is 6.30. The number of halogens is 1. The van der Waals surface area contributed by atoms with Gasteiger partial charge in [-0.25, -0.2) is 0 Å². The first-order valence-corrected chi connectivity index (χ1v) is 9.86. The standard InChI is InChI=1S/C20H29ClN4O3/c1-20(2,3)22-17(26)13-24-9-11-25(12-10-24)18(27)14-23(4)19(28)15-5-7-16(21)8-6-15/h5-8H,9-14H2,1-4H3,(H,22,26)/p+1. The lowest BCUT2D eigenvalue weighted by Crippen LogP contribution is -3.16. The first-order valence-electron chi connectivity index (χ1n) is 9.48. The van der Waals surface area contributed by atoms with Crippen molar-refractivity contribution < 1.29 is 19.3 Å². The third kappa shape index (κ3) is 6.80. The third-order valence-corrected chi connectivity index (χ3v) is 4.81. The maximum atomic E-state index is 12.5. The van der Waals surface area contributed by atoms with Gasteiger partial charge in [-0.05, 0) is 45.0 Å². The Bertz CT molecular complexity index is 707. The number of rotatable bonds is 5. The average Bonchev–Trinajstić information content (AvgIpc) is 2.60. The van der Waals surface area contributed by atoms with Gasteiger partial charge >= 0.3 is 0 Å². The molecule has 0 aliphatic carbocycles. The van der Waals surface area contributed by atoms with E-state index in [2.05, 4.69) is 5.32 Å². The van der Waals surface area contributed by atoms with Gasteiger partial charge in [0.05, 0.1) is 32.7 Å². The van der Waals surface area contributed by atoms with Crippen LogP contribution >= 0.6 is 11.6 Å². The molecule has 0 saturated carbocycles. The summed E-state index contributed by atoms with van der Waals surface area (Å²) in [6.45, 7) is 8.92. The quantitative estimate of drug-likeness (QED) is 0.722. The molecule has 0 atom stereocenters. The van der Waals surface area contributed by atoms with Crippen LogP contribution in [-0.4, -0.2) is 79.4 Å². The van der Waals surface area contributed by atoms with Gasteiger partial charge < -0.3 is 20.0 Å². The summed E-state index contributed by atoms with van der Waals surface area (Å²) in [5.74, 6) is -0.272. The van der Waals surface area contributed by atoms with Crippen LogP contribution in [0, 0.1) is 0 Å². The van der Waals surface area contributed by atoms with E-state index in [0.717, 1.165) is 18.0 Å². The minimum absolute atomic E-state index is 0.0237. The van der Waals surface area contributed by atoms with Gasteiger partial charge in [-0.2, -0.15) is 0 Å². The Labute approximate surface area is 171 Å². The van der Waals surface area contributed by atoms with Crippen LogP contribution in [0.4, 0.5) is 0 Å². The second kappa shape index (κ2) is 9.39. The molecule has 7 nitrogen and oxygen atoms in total. The van der Waals surface area contributed by atoms with Gasteiger partial charge in [0, 0.05) is 23.2 Å². The number of likely N-dealkylation sites (N-methyl/N-ethyl adjacent to an activating group) is 1. The minimum Gasteiger partial charge on any atom is -0.347 e. The van der Waals surface area contributed by atoms with E-state index in [0.29, 0.717) is 30.2 Å². The molecule has 1 aliphatic heterocycles.